The highest BCUT2D eigenvalue weighted by molar-refractivity contribution is 6.31. The van der Waals surface area contributed by atoms with Gasteiger partial charge in [0.05, 0.1) is 0 Å². The maximum Gasteiger partial charge on any atom is 0.138 e. The molecule has 19 heavy (non-hydrogen) atoms. The highest BCUT2D eigenvalue weighted by Gasteiger charge is 2.16. The number of nitrogens with zero attached hydrogens (tertiary/aromatic N) is 1. The van der Waals surface area contributed by atoms with E-state index in [0.717, 1.165) is 5.39 Å². The van der Waals surface area contributed by atoms with Crippen LogP contribution in [-0.4, -0.2) is 10.1 Å². The van der Waals surface area contributed by atoms with Gasteiger partial charge in [0.2, 0.25) is 0 Å². The quantitative estimate of drug-likeness (QED) is 0.720. The minimum atomic E-state index is -0.883. The van der Waals surface area contributed by atoms with E-state index in [9.17, 15) is 5.11 Å². The summed E-state index contributed by atoms with van der Waals surface area (Å²) in [6, 6.07) is 10.4. The van der Waals surface area contributed by atoms with Crippen molar-refractivity contribution in [1.82, 2.24) is 4.98 Å². The molecule has 0 aliphatic rings. The summed E-state index contributed by atoms with van der Waals surface area (Å²) in [6.45, 7) is 0. The molecule has 0 aliphatic heterocycles. The Kier molecular flexibility index (Phi) is 3.19. The minimum Gasteiger partial charge on any atom is -0.458 e. The van der Waals surface area contributed by atoms with E-state index in [-0.39, 0.29) is 0 Å². The van der Waals surface area contributed by atoms with E-state index in [0.29, 0.717) is 27.1 Å². The molecule has 0 fully saturated rings. The van der Waals surface area contributed by atoms with Crippen LogP contribution < -0.4 is 0 Å². The molecule has 1 atom stereocenters. The van der Waals surface area contributed by atoms with Gasteiger partial charge in [-0.05, 0) is 42.0 Å². The number of hydrogen-bond acceptors (Lipinski definition) is 3. The first-order valence-corrected chi connectivity index (χ1v) is 6.37. The molecule has 0 saturated carbocycles. The molecule has 0 aliphatic carbocycles. The molecule has 1 aromatic carbocycles. The third kappa shape index (κ3) is 2.45. The summed E-state index contributed by atoms with van der Waals surface area (Å²) in [5.74, 6) is 0.444. The number of aromatic nitrogens is 1. The van der Waals surface area contributed by atoms with E-state index >= 15 is 0 Å². The van der Waals surface area contributed by atoms with Gasteiger partial charge in [-0.15, -0.1) is 0 Å². The molecule has 0 saturated heterocycles. The maximum absolute atomic E-state index is 10.3. The molecule has 0 amide bonds. The van der Waals surface area contributed by atoms with Gasteiger partial charge in [-0.2, -0.15) is 0 Å². The van der Waals surface area contributed by atoms with Crippen LogP contribution in [-0.2, 0) is 0 Å². The Morgan fingerprint density at radius 1 is 1.11 bits per heavy atom. The zero-order valence-corrected chi connectivity index (χ0v) is 11.2. The fourth-order valence-corrected chi connectivity index (χ4v) is 2.28. The number of hydrogen-bond donors (Lipinski definition) is 1. The van der Waals surface area contributed by atoms with Crippen molar-refractivity contribution in [3.8, 4) is 0 Å². The van der Waals surface area contributed by atoms with Crippen LogP contribution in [0.3, 0.4) is 0 Å². The number of furan rings is 1. The van der Waals surface area contributed by atoms with Crippen LogP contribution in [0.4, 0.5) is 0 Å². The molecule has 3 nitrogen and oxygen atoms in total. The van der Waals surface area contributed by atoms with E-state index in [1.807, 2.05) is 0 Å². The zero-order valence-electron chi connectivity index (χ0n) is 9.68. The van der Waals surface area contributed by atoms with E-state index in [2.05, 4.69) is 4.98 Å². The molecule has 2 aromatic heterocycles. The fourth-order valence-electron chi connectivity index (χ4n) is 1.92. The zero-order chi connectivity index (χ0) is 13.4. The van der Waals surface area contributed by atoms with Crippen LogP contribution in [0, 0.1) is 0 Å². The highest BCUT2D eigenvalue weighted by atomic mass is 35.5. The van der Waals surface area contributed by atoms with Gasteiger partial charge < -0.3 is 9.52 Å². The summed E-state index contributed by atoms with van der Waals surface area (Å²) in [6.07, 6.45) is 0.659. The van der Waals surface area contributed by atoms with Crippen molar-refractivity contribution in [2.24, 2.45) is 0 Å². The van der Waals surface area contributed by atoms with Crippen molar-refractivity contribution in [3.05, 3.63) is 64.1 Å². The van der Waals surface area contributed by atoms with Gasteiger partial charge >= 0.3 is 0 Å². The summed E-state index contributed by atoms with van der Waals surface area (Å²) in [7, 11) is 0. The normalized spacial score (nSPS) is 12.8. The Morgan fingerprint density at radius 3 is 2.74 bits per heavy atom. The highest BCUT2D eigenvalue weighted by Crippen LogP contribution is 2.30. The molecule has 1 N–H and O–H groups in total. The first-order valence-electron chi connectivity index (χ1n) is 5.62. The summed E-state index contributed by atoms with van der Waals surface area (Å²) in [5, 5.41) is 12.1. The number of pyridine rings is 1. The number of halogens is 2. The van der Waals surface area contributed by atoms with Crippen molar-refractivity contribution in [3.63, 3.8) is 0 Å². The van der Waals surface area contributed by atoms with Gasteiger partial charge in [0.25, 0.3) is 0 Å². The fraction of sp³-hybridized carbons (Fsp3) is 0.0714. The summed E-state index contributed by atoms with van der Waals surface area (Å²) < 4.78 is 5.61. The van der Waals surface area contributed by atoms with Gasteiger partial charge in [-0.1, -0.05) is 23.2 Å². The molecule has 2 heterocycles. The van der Waals surface area contributed by atoms with Crippen molar-refractivity contribution in [2.45, 2.75) is 6.10 Å². The smallest absolute Gasteiger partial charge is 0.138 e. The van der Waals surface area contributed by atoms with Crippen LogP contribution in [0.1, 0.15) is 17.4 Å². The average Bonchev–Trinajstić information content (AvgIpc) is 2.80. The van der Waals surface area contributed by atoms with Crippen LogP contribution in [0.25, 0.3) is 11.0 Å². The lowest BCUT2D eigenvalue weighted by Gasteiger charge is -2.07. The molecule has 0 bridgehead atoms. The van der Waals surface area contributed by atoms with Crippen molar-refractivity contribution < 1.29 is 9.52 Å². The third-order valence-corrected chi connectivity index (χ3v) is 3.28. The topological polar surface area (TPSA) is 46.3 Å². The van der Waals surface area contributed by atoms with Gasteiger partial charge in [-0.25, -0.2) is 4.98 Å². The molecule has 1 unspecified atom stereocenters. The first kappa shape index (κ1) is 12.5. The van der Waals surface area contributed by atoms with Crippen LogP contribution in [0.2, 0.25) is 10.2 Å². The summed E-state index contributed by atoms with van der Waals surface area (Å²) in [5.41, 5.74) is 1.31. The Morgan fingerprint density at radius 2 is 1.95 bits per heavy atom. The van der Waals surface area contributed by atoms with Crippen molar-refractivity contribution in [1.29, 1.82) is 0 Å². The Hall–Kier alpha value is -1.55. The second-order valence-corrected chi connectivity index (χ2v) is 4.97. The standard InChI is InChI=1S/C14H9Cl2NO2/c15-10-1-2-11-9(5-10)6-12(19-11)14(18)8-3-4-17-13(16)7-8/h1-7,14,18H. The van der Waals surface area contributed by atoms with E-state index in [1.54, 1.807) is 42.6 Å². The lowest BCUT2D eigenvalue weighted by molar-refractivity contribution is 0.192. The lowest BCUT2D eigenvalue weighted by Crippen LogP contribution is -1.98. The number of fused-ring (bicyclic) bond motifs is 1. The predicted molar refractivity (Wildman–Crippen MR) is 74.5 cm³/mol. The largest absolute Gasteiger partial charge is 0.458 e. The molecular formula is C14H9Cl2NO2. The summed E-state index contributed by atoms with van der Waals surface area (Å²) >= 11 is 11.7. The van der Waals surface area contributed by atoms with E-state index < -0.39 is 6.10 Å². The molecule has 96 valence electrons. The monoisotopic (exact) mass is 293 g/mol. The number of aliphatic hydroxyl groups is 1. The van der Waals surface area contributed by atoms with Gasteiger partial charge in [0.1, 0.15) is 22.6 Å². The van der Waals surface area contributed by atoms with Gasteiger partial charge in [0, 0.05) is 16.6 Å². The molecule has 0 radical (unpaired) electrons. The predicted octanol–water partition coefficient (Wildman–Crippen LogP) is 4.22. The van der Waals surface area contributed by atoms with E-state index in [4.69, 9.17) is 27.6 Å². The van der Waals surface area contributed by atoms with Crippen molar-refractivity contribution in [2.75, 3.05) is 0 Å². The van der Waals surface area contributed by atoms with Crippen molar-refractivity contribution >= 4 is 34.2 Å². The molecule has 3 rings (SSSR count). The second kappa shape index (κ2) is 4.85. The van der Waals surface area contributed by atoms with E-state index in [1.165, 1.54) is 0 Å². The van der Waals surface area contributed by atoms with Gasteiger partial charge in [-0.3, -0.25) is 0 Å². The third-order valence-electron chi connectivity index (χ3n) is 2.83. The molecule has 5 heteroatoms. The second-order valence-electron chi connectivity index (χ2n) is 4.15. The van der Waals surface area contributed by atoms with Crippen LogP contribution >= 0.6 is 23.2 Å². The van der Waals surface area contributed by atoms with Crippen LogP contribution in [0.5, 0.6) is 0 Å². The Labute approximate surface area is 119 Å². The molecular weight excluding hydrogens is 285 g/mol. The molecule has 3 aromatic rings. The Bertz CT molecular complexity index is 739. The SMILES string of the molecule is OC(c1ccnc(Cl)c1)c1cc2cc(Cl)ccc2o1. The molecule has 0 spiro atoms. The minimum absolute atomic E-state index is 0.329. The number of benzene rings is 1. The first-order chi connectivity index (χ1) is 9.13. The van der Waals surface area contributed by atoms with Crippen LogP contribution in [0.15, 0.2) is 47.0 Å². The number of rotatable bonds is 2. The summed E-state index contributed by atoms with van der Waals surface area (Å²) in [4.78, 5) is 3.88. The maximum atomic E-state index is 10.3. The van der Waals surface area contributed by atoms with Gasteiger partial charge in [0.15, 0.2) is 0 Å². The Balaban J connectivity index is 2.04. The number of aliphatic hydroxyl groups excluding tert-OH is 1. The lowest BCUT2D eigenvalue weighted by atomic mass is 10.1. The average molecular weight is 294 g/mol.